The molecule has 0 atom stereocenters. The van der Waals surface area contributed by atoms with Crippen LogP contribution < -0.4 is 4.74 Å². The van der Waals surface area contributed by atoms with Crippen LogP contribution in [-0.2, 0) is 13.2 Å². The molecule has 29 heavy (non-hydrogen) atoms. The number of ether oxygens (including phenoxy) is 1. The zero-order chi connectivity index (χ0) is 20.4. The summed E-state index contributed by atoms with van der Waals surface area (Å²) in [6.07, 6.45) is 4.01. The smallest absolute Gasteiger partial charge is 0.253 e. The molecule has 0 bridgehead atoms. The van der Waals surface area contributed by atoms with Crippen molar-refractivity contribution in [1.82, 2.24) is 14.3 Å². The second kappa shape index (κ2) is 8.39. The van der Waals surface area contributed by atoms with Crippen molar-refractivity contribution >= 4 is 38.8 Å². The van der Waals surface area contributed by atoms with E-state index in [2.05, 4.69) is 27.8 Å². The number of fused-ring (bicyclic) bond motifs is 1. The lowest BCUT2D eigenvalue weighted by Gasteiger charge is -2.16. The lowest BCUT2D eigenvalue weighted by molar-refractivity contribution is 0.0786. The number of benzene rings is 1. The fraction of sp³-hybridized carbons (Fsp3) is 0.182. The van der Waals surface area contributed by atoms with Crippen LogP contribution in [0.25, 0.3) is 5.65 Å². The molecule has 4 aromatic rings. The van der Waals surface area contributed by atoms with E-state index in [4.69, 9.17) is 4.74 Å². The molecule has 3 aromatic heterocycles. The van der Waals surface area contributed by atoms with Gasteiger partial charge in [-0.15, -0.1) is 11.3 Å². The number of carbonyl (C=O) groups excluding carboxylic acids is 1. The van der Waals surface area contributed by atoms with E-state index in [0.717, 1.165) is 20.0 Å². The first kappa shape index (κ1) is 19.7. The molecule has 0 radical (unpaired) electrons. The van der Waals surface area contributed by atoms with Crippen LogP contribution in [0.3, 0.4) is 0 Å². The molecular formula is C22H20BrN3O2S. The summed E-state index contributed by atoms with van der Waals surface area (Å²) in [7, 11) is 1.81. The number of nitrogens with zero attached hydrogens (tertiary/aromatic N) is 3. The minimum atomic E-state index is -0.0169. The molecule has 3 heterocycles. The Balaban J connectivity index is 1.37. The molecule has 5 nitrogen and oxygen atoms in total. The van der Waals surface area contributed by atoms with Crippen LogP contribution in [0.1, 0.15) is 26.5 Å². The van der Waals surface area contributed by atoms with Gasteiger partial charge in [0.05, 0.1) is 16.0 Å². The number of imidazole rings is 1. The molecule has 1 amide bonds. The second-order valence-electron chi connectivity index (χ2n) is 6.88. The normalized spacial score (nSPS) is 11.0. The minimum absolute atomic E-state index is 0.0169. The number of aromatic nitrogens is 2. The number of carbonyl (C=O) groups is 1. The summed E-state index contributed by atoms with van der Waals surface area (Å²) in [4.78, 5) is 20.0. The van der Waals surface area contributed by atoms with E-state index >= 15 is 0 Å². The Morgan fingerprint density at radius 2 is 1.93 bits per heavy atom. The van der Waals surface area contributed by atoms with Crippen molar-refractivity contribution < 1.29 is 9.53 Å². The maximum Gasteiger partial charge on any atom is 0.253 e. The van der Waals surface area contributed by atoms with Gasteiger partial charge in [0.15, 0.2) is 0 Å². The van der Waals surface area contributed by atoms with Crippen molar-refractivity contribution in [3.05, 3.63) is 86.4 Å². The van der Waals surface area contributed by atoms with Crippen LogP contribution in [0, 0.1) is 6.92 Å². The first-order valence-electron chi connectivity index (χ1n) is 9.15. The molecule has 0 aliphatic heterocycles. The first-order chi connectivity index (χ1) is 14.0. The predicted molar refractivity (Wildman–Crippen MR) is 119 cm³/mol. The van der Waals surface area contributed by atoms with Crippen molar-refractivity contribution in [3.63, 3.8) is 0 Å². The third-order valence-electron chi connectivity index (χ3n) is 4.51. The molecule has 0 spiro atoms. The number of pyridine rings is 1. The number of halogens is 1. The molecular weight excluding hydrogens is 450 g/mol. The third-order valence-corrected chi connectivity index (χ3v) is 6.11. The Labute approximate surface area is 181 Å². The summed E-state index contributed by atoms with van der Waals surface area (Å²) in [6, 6.07) is 15.3. The van der Waals surface area contributed by atoms with Gasteiger partial charge < -0.3 is 14.0 Å². The van der Waals surface area contributed by atoms with Crippen LogP contribution >= 0.6 is 27.3 Å². The largest absolute Gasteiger partial charge is 0.487 e. The fourth-order valence-corrected chi connectivity index (χ4v) is 4.58. The van der Waals surface area contributed by atoms with Crippen molar-refractivity contribution in [3.8, 4) is 5.75 Å². The summed E-state index contributed by atoms with van der Waals surface area (Å²) in [6.45, 7) is 3.01. The molecule has 0 fully saturated rings. The third kappa shape index (κ3) is 4.68. The lowest BCUT2D eigenvalue weighted by atomic mass is 10.2. The topological polar surface area (TPSA) is 46.8 Å². The highest BCUT2D eigenvalue weighted by molar-refractivity contribution is 9.11. The van der Waals surface area contributed by atoms with Crippen LogP contribution in [0.2, 0.25) is 0 Å². The van der Waals surface area contributed by atoms with Crippen molar-refractivity contribution in [2.75, 3.05) is 7.05 Å². The van der Waals surface area contributed by atoms with Crippen molar-refractivity contribution in [2.45, 2.75) is 20.1 Å². The first-order valence-corrected chi connectivity index (χ1v) is 10.8. The molecule has 148 valence electrons. The molecule has 4 rings (SSSR count). The Morgan fingerprint density at radius 1 is 1.14 bits per heavy atom. The second-order valence-corrected chi connectivity index (χ2v) is 9.43. The number of aryl methyl sites for hydroxylation is 1. The average molecular weight is 470 g/mol. The van der Waals surface area contributed by atoms with Gasteiger partial charge in [-0.1, -0.05) is 6.07 Å². The highest BCUT2D eigenvalue weighted by Crippen LogP contribution is 2.23. The number of hydrogen-bond acceptors (Lipinski definition) is 4. The fourth-order valence-electron chi connectivity index (χ4n) is 3.04. The minimum Gasteiger partial charge on any atom is -0.487 e. The Hall–Kier alpha value is -2.64. The highest BCUT2D eigenvalue weighted by atomic mass is 79.9. The summed E-state index contributed by atoms with van der Waals surface area (Å²) in [5.41, 5.74) is 3.58. The van der Waals surface area contributed by atoms with Gasteiger partial charge in [0.2, 0.25) is 0 Å². The van der Waals surface area contributed by atoms with Gasteiger partial charge in [-0.25, -0.2) is 4.98 Å². The van der Waals surface area contributed by atoms with Crippen LogP contribution in [0.15, 0.2) is 64.7 Å². The summed E-state index contributed by atoms with van der Waals surface area (Å²) >= 11 is 5.08. The highest BCUT2D eigenvalue weighted by Gasteiger charge is 2.13. The van der Waals surface area contributed by atoms with E-state index in [1.165, 1.54) is 5.56 Å². The molecule has 0 N–H and O–H groups in total. The number of hydrogen-bond donors (Lipinski definition) is 0. The van der Waals surface area contributed by atoms with E-state index in [0.29, 0.717) is 24.5 Å². The van der Waals surface area contributed by atoms with Gasteiger partial charge in [-0.3, -0.25) is 4.79 Å². The van der Waals surface area contributed by atoms with E-state index in [1.807, 2.05) is 60.2 Å². The molecule has 0 saturated heterocycles. The number of thiophene rings is 1. The maximum absolute atomic E-state index is 12.6. The zero-order valence-corrected chi connectivity index (χ0v) is 18.5. The van der Waals surface area contributed by atoms with Gasteiger partial charge in [0, 0.05) is 29.9 Å². The van der Waals surface area contributed by atoms with Gasteiger partial charge in [-0.2, -0.15) is 0 Å². The average Bonchev–Trinajstić information content (AvgIpc) is 3.31. The summed E-state index contributed by atoms with van der Waals surface area (Å²) < 4.78 is 8.90. The zero-order valence-electron chi connectivity index (χ0n) is 16.1. The van der Waals surface area contributed by atoms with Crippen LogP contribution in [0.4, 0.5) is 0 Å². The van der Waals surface area contributed by atoms with Crippen molar-refractivity contribution in [2.24, 2.45) is 0 Å². The maximum atomic E-state index is 12.6. The molecule has 1 aromatic carbocycles. The Kier molecular flexibility index (Phi) is 5.69. The predicted octanol–water partition coefficient (Wildman–Crippen LogP) is 5.32. The molecule has 0 aliphatic rings. The van der Waals surface area contributed by atoms with Gasteiger partial charge in [-0.05, 0) is 70.9 Å². The Bertz CT molecular complexity index is 1150. The standard InChI is InChI=1S/C22H20BrN3O2S/c1-15-3-10-21-24-17(12-26(21)11-15)14-28-18-6-4-16(5-7-18)22(27)25(2)13-19-8-9-20(23)29-19/h3-12H,13-14H2,1-2H3. The summed E-state index contributed by atoms with van der Waals surface area (Å²) in [5.74, 6) is 0.691. The Morgan fingerprint density at radius 3 is 2.66 bits per heavy atom. The van der Waals surface area contributed by atoms with Crippen LogP contribution in [0.5, 0.6) is 5.75 Å². The van der Waals surface area contributed by atoms with Gasteiger partial charge in [0.1, 0.15) is 18.0 Å². The molecule has 0 unspecified atom stereocenters. The molecule has 7 heteroatoms. The quantitative estimate of drug-likeness (QED) is 0.383. The molecule has 0 saturated carbocycles. The lowest BCUT2D eigenvalue weighted by Crippen LogP contribution is -2.25. The van der Waals surface area contributed by atoms with Crippen molar-refractivity contribution in [1.29, 1.82) is 0 Å². The molecule has 0 aliphatic carbocycles. The van der Waals surface area contributed by atoms with E-state index in [9.17, 15) is 4.79 Å². The summed E-state index contributed by atoms with van der Waals surface area (Å²) in [5, 5.41) is 0. The SMILES string of the molecule is Cc1ccc2nc(COc3ccc(C(=O)N(C)Cc4ccc(Br)s4)cc3)cn2c1. The number of rotatable bonds is 6. The number of amides is 1. The van der Waals surface area contributed by atoms with E-state index in [1.54, 1.807) is 28.4 Å². The monoisotopic (exact) mass is 469 g/mol. The van der Waals surface area contributed by atoms with Crippen LogP contribution in [-0.4, -0.2) is 27.2 Å². The van der Waals surface area contributed by atoms with E-state index < -0.39 is 0 Å². The van der Waals surface area contributed by atoms with E-state index in [-0.39, 0.29) is 5.91 Å². The van der Waals surface area contributed by atoms with Gasteiger partial charge >= 0.3 is 0 Å². The van der Waals surface area contributed by atoms with Gasteiger partial charge in [0.25, 0.3) is 5.91 Å².